The van der Waals surface area contributed by atoms with Gasteiger partial charge in [-0.15, -0.1) is 0 Å². The Morgan fingerprint density at radius 2 is 2.05 bits per heavy atom. The molecule has 100 valence electrons. The minimum absolute atomic E-state index is 0.0118. The molecule has 1 aromatic carbocycles. The molecule has 0 aliphatic heterocycles. The number of nitrogen functional groups attached to an aromatic ring is 1. The average molecular weight is 258 g/mol. The van der Waals surface area contributed by atoms with Gasteiger partial charge in [0.25, 0.3) is 0 Å². The van der Waals surface area contributed by atoms with Gasteiger partial charge in [-0.05, 0) is 23.6 Å². The third-order valence-electron chi connectivity index (χ3n) is 2.64. The highest BCUT2D eigenvalue weighted by Gasteiger charge is 2.16. The van der Waals surface area contributed by atoms with E-state index in [-0.39, 0.29) is 11.3 Å². The van der Waals surface area contributed by atoms with Crippen LogP contribution >= 0.6 is 0 Å². The summed E-state index contributed by atoms with van der Waals surface area (Å²) in [5.41, 5.74) is 7.23. The molecule has 0 fully saturated rings. The molecule has 0 atom stereocenters. The fraction of sp³-hybridized carbons (Fsp3) is 0.357. The van der Waals surface area contributed by atoms with E-state index < -0.39 is 0 Å². The molecule has 1 amide bonds. The number of hydrogen-bond acceptors (Lipinski definition) is 4. The van der Waals surface area contributed by atoms with Crippen LogP contribution in [0.2, 0.25) is 0 Å². The van der Waals surface area contributed by atoms with Crippen LogP contribution < -0.4 is 11.1 Å². The van der Waals surface area contributed by atoms with Crippen molar-refractivity contribution in [2.75, 3.05) is 11.1 Å². The average Bonchev–Trinajstić information content (AvgIpc) is 2.27. The van der Waals surface area contributed by atoms with Crippen LogP contribution in [0, 0.1) is 5.41 Å². The van der Waals surface area contributed by atoms with Crippen molar-refractivity contribution in [1.29, 1.82) is 0 Å². The number of benzene rings is 1. The standard InChI is InChI=1S/C14H18N4O/c1-14(2,3)7-12(19)18-9-4-5-11-10(6-9)13(15)17-8-16-11/h4-6,8H,7H2,1-3H3,(H,18,19)(H2,15,16,17). The predicted octanol–water partition coefficient (Wildman–Crippen LogP) is 2.59. The maximum Gasteiger partial charge on any atom is 0.224 e. The molecule has 1 heterocycles. The van der Waals surface area contributed by atoms with Crippen molar-refractivity contribution >= 4 is 28.3 Å². The van der Waals surface area contributed by atoms with Gasteiger partial charge in [-0.3, -0.25) is 4.79 Å². The molecular weight excluding hydrogens is 240 g/mol. The summed E-state index contributed by atoms with van der Waals surface area (Å²) in [7, 11) is 0. The van der Waals surface area contributed by atoms with Gasteiger partial charge in [-0.25, -0.2) is 9.97 Å². The number of nitrogens with two attached hydrogens (primary N) is 1. The highest BCUT2D eigenvalue weighted by molar-refractivity contribution is 5.96. The Hall–Kier alpha value is -2.17. The largest absolute Gasteiger partial charge is 0.383 e. The van der Waals surface area contributed by atoms with Crippen molar-refractivity contribution in [3.63, 3.8) is 0 Å². The van der Waals surface area contributed by atoms with E-state index in [2.05, 4.69) is 15.3 Å². The molecular formula is C14H18N4O. The summed E-state index contributed by atoms with van der Waals surface area (Å²) in [5, 5.41) is 3.61. The van der Waals surface area contributed by atoms with Crippen molar-refractivity contribution in [2.24, 2.45) is 5.41 Å². The van der Waals surface area contributed by atoms with E-state index in [4.69, 9.17) is 5.73 Å². The zero-order valence-corrected chi connectivity index (χ0v) is 11.4. The molecule has 0 unspecified atom stereocenters. The van der Waals surface area contributed by atoms with Crippen molar-refractivity contribution in [3.05, 3.63) is 24.5 Å². The van der Waals surface area contributed by atoms with Gasteiger partial charge < -0.3 is 11.1 Å². The third-order valence-corrected chi connectivity index (χ3v) is 2.64. The normalized spacial score (nSPS) is 11.5. The Bertz CT molecular complexity index is 616. The predicted molar refractivity (Wildman–Crippen MR) is 76.7 cm³/mol. The summed E-state index contributed by atoms with van der Waals surface area (Å²) in [6.45, 7) is 6.08. The van der Waals surface area contributed by atoms with Crippen LogP contribution in [0.5, 0.6) is 0 Å². The van der Waals surface area contributed by atoms with Crippen molar-refractivity contribution < 1.29 is 4.79 Å². The summed E-state index contributed by atoms with van der Waals surface area (Å²) in [6.07, 6.45) is 1.89. The number of carbonyl (C=O) groups excluding carboxylic acids is 1. The first kappa shape index (κ1) is 13.3. The first-order valence-electron chi connectivity index (χ1n) is 6.15. The van der Waals surface area contributed by atoms with Crippen LogP contribution in [0.4, 0.5) is 11.5 Å². The number of hydrogen-bond donors (Lipinski definition) is 2. The molecule has 1 aromatic heterocycles. The van der Waals surface area contributed by atoms with Crippen LogP contribution in [0.3, 0.4) is 0 Å². The summed E-state index contributed by atoms with van der Waals surface area (Å²) >= 11 is 0. The Labute approximate surface area is 112 Å². The van der Waals surface area contributed by atoms with Gasteiger partial charge in [0.2, 0.25) is 5.91 Å². The van der Waals surface area contributed by atoms with E-state index >= 15 is 0 Å². The number of anilines is 2. The maximum absolute atomic E-state index is 11.9. The summed E-state index contributed by atoms with van der Waals surface area (Å²) in [4.78, 5) is 19.9. The SMILES string of the molecule is CC(C)(C)CC(=O)Nc1ccc2ncnc(N)c2c1. The second kappa shape index (κ2) is 4.84. The van der Waals surface area contributed by atoms with E-state index in [1.807, 2.05) is 32.9 Å². The molecule has 0 bridgehead atoms. The summed E-state index contributed by atoms with van der Waals surface area (Å²) < 4.78 is 0. The van der Waals surface area contributed by atoms with E-state index in [9.17, 15) is 4.79 Å². The van der Waals surface area contributed by atoms with E-state index in [0.717, 1.165) is 10.9 Å². The quantitative estimate of drug-likeness (QED) is 0.867. The molecule has 5 heteroatoms. The minimum Gasteiger partial charge on any atom is -0.383 e. The summed E-state index contributed by atoms with van der Waals surface area (Å²) in [5.74, 6) is 0.402. The topological polar surface area (TPSA) is 80.9 Å². The molecule has 0 aliphatic carbocycles. The number of nitrogens with zero attached hydrogens (tertiary/aromatic N) is 2. The third kappa shape index (κ3) is 3.40. The number of rotatable bonds is 2. The van der Waals surface area contributed by atoms with E-state index in [1.165, 1.54) is 6.33 Å². The first-order chi connectivity index (χ1) is 8.85. The molecule has 2 rings (SSSR count). The number of carbonyl (C=O) groups is 1. The minimum atomic E-state index is -0.0386. The molecule has 0 aliphatic rings. The molecule has 2 aromatic rings. The van der Waals surface area contributed by atoms with Gasteiger partial charge in [-0.2, -0.15) is 0 Å². The second-order valence-electron chi connectivity index (χ2n) is 5.78. The van der Waals surface area contributed by atoms with Crippen molar-refractivity contribution in [2.45, 2.75) is 27.2 Å². The fourth-order valence-corrected chi connectivity index (χ4v) is 1.84. The Morgan fingerprint density at radius 3 is 2.74 bits per heavy atom. The number of nitrogens with one attached hydrogen (secondary N) is 1. The monoisotopic (exact) mass is 258 g/mol. The van der Waals surface area contributed by atoms with Gasteiger partial charge in [0.1, 0.15) is 12.1 Å². The lowest BCUT2D eigenvalue weighted by atomic mass is 9.92. The lowest BCUT2D eigenvalue weighted by Gasteiger charge is -2.17. The zero-order chi connectivity index (χ0) is 14.0. The van der Waals surface area contributed by atoms with E-state index in [1.54, 1.807) is 6.07 Å². The smallest absolute Gasteiger partial charge is 0.224 e. The van der Waals surface area contributed by atoms with Crippen LogP contribution in [0.1, 0.15) is 27.2 Å². The lowest BCUT2D eigenvalue weighted by Crippen LogP contribution is -2.19. The van der Waals surface area contributed by atoms with Crippen LogP contribution in [-0.2, 0) is 4.79 Å². The van der Waals surface area contributed by atoms with Gasteiger partial charge in [0, 0.05) is 17.5 Å². The summed E-state index contributed by atoms with van der Waals surface area (Å²) in [6, 6.07) is 5.43. The molecule has 19 heavy (non-hydrogen) atoms. The Kier molecular flexibility index (Phi) is 3.38. The fourth-order valence-electron chi connectivity index (χ4n) is 1.84. The molecule has 0 saturated carbocycles. The number of aromatic nitrogens is 2. The number of fused-ring (bicyclic) bond motifs is 1. The van der Waals surface area contributed by atoms with E-state index in [0.29, 0.717) is 17.9 Å². The lowest BCUT2D eigenvalue weighted by molar-refractivity contribution is -0.117. The van der Waals surface area contributed by atoms with Gasteiger partial charge >= 0.3 is 0 Å². The second-order valence-corrected chi connectivity index (χ2v) is 5.78. The highest BCUT2D eigenvalue weighted by atomic mass is 16.1. The highest BCUT2D eigenvalue weighted by Crippen LogP contribution is 2.23. The van der Waals surface area contributed by atoms with Gasteiger partial charge in [0.05, 0.1) is 5.52 Å². The zero-order valence-electron chi connectivity index (χ0n) is 11.4. The Morgan fingerprint density at radius 1 is 1.32 bits per heavy atom. The maximum atomic E-state index is 11.9. The first-order valence-corrected chi connectivity index (χ1v) is 6.15. The van der Waals surface area contributed by atoms with Crippen molar-refractivity contribution in [1.82, 2.24) is 9.97 Å². The van der Waals surface area contributed by atoms with Gasteiger partial charge in [0.15, 0.2) is 0 Å². The molecule has 0 radical (unpaired) electrons. The molecule has 0 saturated heterocycles. The molecule has 3 N–H and O–H groups in total. The molecule has 5 nitrogen and oxygen atoms in total. The molecule has 0 spiro atoms. The van der Waals surface area contributed by atoms with Crippen LogP contribution in [0.15, 0.2) is 24.5 Å². The van der Waals surface area contributed by atoms with Crippen molar-refractivity contribution in [3.8, 4) is 0 Å². The van der Waals surface area contributed by atoms with Crippen LogP contribution in [-0.4, -0.2) is 15.9 Å². The van der Waals surface area contributed by atoms with Crippen LogP contribution in [0.25, 0.3) is 10.9 Å². The van der Waals surface area contributed by atoms with Gasteiger partial charge in [-0.1, -0.05) is 20.8 Å². The number of amides is 1. The Balaban J connectivity index is 2.22.